The van der Waals surface area contributed by atoms with Gasteiger partial charge in [-0.1, -0.05) is 23.8 Å². The molecule has 1 aliphatic carbocycles. The molecule has 1 aromatic heterocycles. The van der Waals surface area contributed by atoms with Crippen LogP contribution in [0.3, 0.4) is 0 Å². The van der Waals surface area contributed by atoms with Crippen molar-refractivity contribution in [1.29, 1.82) is 0 Å². The maximum atomic E-state index is 12.3. The molecule has 1 aliphatic rings. The highest BCUT2D eigenvalue weighted by Crippen LogP contribution is 2.23. The Balaban J connectivity index is 2.07. The second kappa shape index (κ2) is 6.31. The predicted octanol–water partition coefficient (Wildman–Crippen LogP) is 2.55. The number of amides is 1. The van der Waals surface area contributed by atoms with Crippen LogP contribution in [0.15, 0.2) is 5.38 Å². The van der Waals surface area contributed by atoms with E-state index in [1.807, 2.05) is 4.90 Å². The molecule has 0 aromatic carbocycles. The van der Waals surface area contributed by atoms with Crippen molar-refractivity contribution in [1.82, 2.24) is 14.5 Å². The highest BCUT2D eigenvalue weighted by molar-refractivity contribution is 7.03. The molecule has 0 bridgehead atoms. The lowest BCUT2D eigenvalue weighted by atomic mass is 9.94. The van der Waals surface area contributed by atoms with Gasteiger partial charge in [0.1, 0.15) is 0 Å². The van der Waals surface area contributed by atoms with Gasteiger partial charge >= 0.3 is 0 Å². The molecule has 1 amide bonds. The third-order valence-electron chi connectivity index (χ3n) is 3.18. The summed E-state index contributed by atoms with van der Waals surface area (Å²) in [5, 5.41) is 5.55. The molecule has 1 heterocycles. The molecule has 1 fully saturated rings. The van der Waals surface area contributed by atoms with Crippen LogP contribution in [0.1, 0.15) is 42.6 Å². The second-order valence-corrected chi connectivity index (χ2v) is 5.26. The van der Waals surface area contributed by atoms with Crippen LogP contribution in [-0.2, 0) is 0 Å². The highest BCUT2D eigenvalue weighted by atomic mass is 35.5. The maximum absolute atomic E-state index is 12.3. The quantitative estimate of drug-likeness (QED) is 0.792. The summed E-state index contributed by atoms with van der Waals surface area (Å²) in [5.41, 5.74) is 0.450. The van der Waals surface area contributed by atoms with E-state index in [-0.39, 0.29) is 5.91 Å². The van der Waals surface area contributed by atoms with Gasteiger partial charge in [-0.2, -0.15) is 0 Å². The van der Waals surface area contributed by atoms with Gasteiger partial charge in [0, 0.05) is 23.8 Å². The zero-order valence-corrected chi connectivity index (χ0v) is 11.2. The third kappa shape index (κ3) is 3.16. The van der Waals surface area contributed by atoms with E-state index in [2.05, 4.69) is 9.59 Å². The van der Waals surface area contributed by atoms with Crippen molar-refractivity contribution in [3.63, 3.8) is 0 Å². The third-order valence-corrected chi connectivity index (χ3v) is 3.85. The Labute approximate surface area is 110 Å². The minimum Gasteiger partial charge on any atom is -0.333 e. The molecule has 0 radical (unpaired) electrons. The number of carbonyl (C=O) groups is 1. The van der Waals surface area contributed by atoms with Gasteiger partial charge in [-0.3, -0.25) is 4.79 Å². The topological polar surface area (TPSA) is 46.1 Å². The van der Waals surface area contributed by atoms with Crippen LogP contribution in [0, 0.1) is 0 Å². The molecule has 4 nitrogen and oxygen atoms in total. The van der Waals surface area contributed by atoms with E-state index in [1.54, 1.807) is 5.38 Å². The summed E-state index contributed by atoms with van der Waals surface area (Å²) < 4.78 is 3.74. The molecule has 94 valence electrons. The Hall–Kier alpha value is -0.680. The van der Waals surface area contributed by atoms with Crippen LogP contribution in [0.2, 0.25) is 0 Å². The van der Waals surface area contributed by atoms with Gasteiger partial charge in [-0.25, -0.2) is 0 Å². The number of aromatic nitrogens is 2. The first-order valence-electron chi connectivity index (χ1n) is 5.97. The number of alkyl halides is 1. The predicted molar refractivity (Wildman–Crippen MR) is 68.5 cm³/mol. The first-order chi connectivity index (χ1) is 8.33. The number of hydrogen-bond acceptors (Lipinski definition) is 4. The summed E-state index contributed by atoms with van der Waals surface area (Å²) in [6.45, 7) is 0.600. The van der Waals surface area contributed by atoms with E-state index < -0.39 is 0 Å². The summed E-state index contributed by atoms with van der Waals surface area (Å²) in [4.78, 5) is 14.1. The maximum Gasteiger partial charge on any atom is 0.275 e. The van der Waals surface area contributed by atoms with Crippen LogP contribution in [0.4, 0.5) is 0 Å². The summed E-state index contributed by atoms with van der Waals surface area (Å²) in [6.07, 6.45) is 5.84. The Bertz CT molecular complexity index is 352. The molecule has 0 N–H and O–H groups in total. The number of hydrogen-bond donors (Lipinski definition) is 0. The van der Waals surface area contributed by atoms with Crippen molar-refractivity contribution >= 4 is 29.0 Å². The second-order valence-electron chi connectivity index (χ2n) is 4.27. The van der Waals surface area contributed by atoms with E-state index in [4.69, 9.17) is 11.6 Å². The molecular weight excluding hydrogens is 258 g/mol. The largest absolute Gasteiger partial charge is 0.333 e. The fourth-order valence-electron chi connectivity index (χ4n) is 2.34. The van der Waals surface area contributed by atoms with Crippen LogP contribution in [0.25, 0.3) is 0 Å². The van der Waals surface area contributed by atoms with E-state index in [0.717, 1.165) is 12.8 Å². The molecule has 1 aromatic rings. The lowest BCUT2D eigenvalue weighted by molar-refractivity contribution is 0.0643. The van der Waals surface area contributed by atoms with Crippen LogP contribution >= 0.6 is 23.1 Å². The molecule has 0 atom stereocenters. The van der Waals surface area contributed by atoms with Crippen molar-refractivity contribution in [2.75, 3.05) is 12.4 Å². The SMILES string of the molecule is O=C(c1csnn1)N(CCCl)C1CCCCC1. The zero-order chi connectivity index (χ0) is 12.1. The minimum absolute atomic E-state index is 0.0219. The number of halogens is 1. The standard InChI is InChI=1S/C11H16ClN3OS/c12-6-7-15(9-4-2-1-3-5-9)11(16)10-8-17-14-13-10/h8-9H,1-7H2. The number of carbonyl (C=O) groups excluding carboxylic acids is 1. The fraction of sp³-hybridized carbons (Fsp3) is 0.727. The Morgan fingerprint density at radius 3 is 2.82 bits per heavy atom. The fourth-order valence-corrected chi connectivity index (χ4v) is 2.95. The van der Waals surface area contributed by atoms with Gasteiger partial charge in [0.2, 0.25) is 0 Å². The van der Waals surface area contributed by atoms with Crippen molar-refractivity contribution in [2.45, 2.75) is 38.1 Å². The average molecular weight is 274 g/mol. The monoisotopic (exact) mass is 273 g/mol. The lowest BCUT2D eigenvalue weighted by Gasteiger charge is -2.33. The minimum atomic E-state index is -0.0219. The summed E-state index contributed by atoms with van der Waals surface area (Å²) >= 11 is 7.00. The van der Waals surface area contributed by atoms with Gasteiger partial charge in [0.15, 0.2) is 5.69 Å². The van der Waals surface area contributed by atoms with Crippen LogP contribution in [0.5, 0.6) is 0 Å². The average Bonchev–Trinajstić information content (AvgIpc) is 2.90. The van der Waals surface area contributed by atoms with Gasteiger partial charge in [0.25, 0.3) is 5.91 Å². The highest BCUT2D eigenvalue weighted by Gasteiger charge is 2.26. The van der Waals surface area contributed by atoms with Gasteiger partial charge in [-0.15, -0.1) is 16.7 Å². The van der Waals surface area contributed by atoms with E-state index in [1.165, 1.54) is 30.8 Å². The number of nitrogens with zero attached hydrogens (tertiary/aromatic N) is 3. The smallest absolute Gasteiger partial charge is 0.275 e. The molecule has 2 rings (SSSR count). The van der Waals surface area contributed by atoms with Crippen molar-refractivity contribution in [2.24, 2.45) is 0 Å². The number of rotatable bonds is 4. The molecule has 1 saturated carbocycles. The molecule has 17 heavy (non-hydrogen) atoms. The molecule has 0 unspecified atom stereocenters. The van der Waals surface area contributed by atoms with Gasteiger partial charge in [0.05, 0.1) is 0 Å². The lowest BCUT2D eigenvalue weighted by Crippen LogP contribution is -2.42. The zero-order valence-electron chi connectivity index (χ0n) is 9.64. The van der Waals surface area contributed by atoms with Gasteiger partial charge in [-0.05, 0) is 24.4 Å². The molecule has 0 spiro atoms. The molecule has 6 heteroatoms. The Morgan fingerprint density at radius 1 is 1.47 bits per heavy atom. The van der Waals surface area contributed by atoms with E-state index >= 15 is 0 Å². The Kier molecular flexibility index (Phi) is 4.74. The van der Waals surface area contributed by atoms with E-state index in [0.29, 0.717) is 24.2 Å². The normalized spacial score (nSPS) is 17.0. The molecule has 0 saturated heterocycles. The van der Waals surface area contributed by atoms with Gasteiger partial charge < -0.3 is 4.90 Å². The first-order valence-corrected chi connectivity index (χ1v) is 7.34. The van der Waals surface area contributed by atoms with Crippen molar-refractivity contribution < 1.29 is 4.79 Å². The molecule has 0 aliphatic heterocycles. The summed E-state index contributed by atoms with van der Waals surface area (Å²) in [6, 6.07) is 0.330. The summed E-state index contributed by atoms with van der Waals surface area (Å²) in [5.74, 6) is 0.450. The summed E-state index contributed by atoms with van der Waals surface area (Å²) in [7, 11) is 0. The van der Waals surface area contributed by atoms with Crippen LogP contribution in [-0.4, -0.2) is 38.9 Å². The van der Waals surface area contributed by atoms with Crippen molar-refractivity contribution in [3.8, 4) is 0 Å². The first kappa shape index (κ1) is 12.8. The van der Waals surface area contributed by atoms with Crippen molar-refractivity contribution in [3.05, 3.63) is 11.1 Å². The van der Waals surface area contributed by atoms with E-state index in [9.17, 15) is 4.79 Å². The molecular formula is C11H16ClN3OS. The Morgan fingerprint density at radius 2 is 2.24 bits per heavy atom. The van der Waals surface area contributed by atoms with Crippen LogP contribution < -0.4 is 0 Å².